The van der Waals surface area contributed by atoms with Crippen LogP contribution in [0.5, 0.6) is 11.5 Å². The highest BCUT2D eigenvalue weighted by Crippen LogP contribution is 2.29. The molecular formula is C23H22N4O6. The van der Waals surface area contributed by atoms with Gasteiger partial charge in [0, 0.05) is 29.6 Å². The zero-order valence-corrected chi connectivity index (χ0v) is 18.0. The van der Waals surface area contributed by atoms with E-state index in [-0.39, 0.29) is 18.4 Å². The minimum atomic E-state index is -1.17. The summed E-state index contributed by atoms with van der Waals surface area (Å²) in [4.78, 5) is 44.6. The lowest BCUT2D eigenvalue weighted by Gasteiger charge is -2.15. The summed E-state index contributed by atoms with van der Waals surface area (Å²) in [5.74, 6) is -1.01. The van der Waals surface area contributed by atoms with E-state index in [2.05, 4.69) is 15.3 Å². The molecule has 4 rings (SSSR count). The van der Waals surface area contributed by atoms with Crippen LogP contribution in [0.25, 0.3) is 21.8 Å². The number of benzene rings is 2. The molecule has 0 bridgehead atoms. The molecule has 10 heteroatoms. The van der Waals surface area contributed by atoms with Gasteiger partial charge in [-0.2, -0.15) is 0 Å². The number of carboxylic acids is 1. The van der Waals surface area contributed by atoms with Gasteiger partial charge in [0.1, 0.15) is 12.6 Å². The average molecular weight is 450 g/mol. The van der Waals surface area contributed by atoms with Crippen LogP contribution in [-0.4, -0.2) is 51.8 Å². The summed E-state index contributed by atoms with van der Waals surface area (Å²) in [6.45, 7) is -0.381. The molecular weight excluding hydrogens is 428 g/mol. The van der Waals surface area contributed by atoms with Gasteiger partial charge < -0.3 is 24.9 Å². The summed E-state index contributed by atoms with van der Waals surface area (Å²) < 4.78 is 11.6. The maximum absolute atomic E-state index is 12.9. The Morgan fingerprint density at radius 1 is 1.15 bits per heavy atom. The number of rotatable bonds is 8. The predicted molar refractivity (Wildman–Crippen MR) is 121 cm³/mol. The van der Waals surface area contributed by atoms with Crippen LogP contribution in [0.4, 0.5) is 0 Å². The molecule has 0 spiro atoms. The average Bonchev–Trinajstić information content (AvgIpc) is 3.22. The molecule has 0 fully saturated rings. The predicted octanol–water partition coefficient (Wildman–Crippen LogP) is 1.71. The van der Waals surface area contributed by atoms with E-state index in [1.807, 2.05) is 24.3 Å². The molecule has 0 saturated carbocycles. The number of fused-ring (bicyclic) bond motifs is 2. The number of hydrogen-bond acceptors (Lipinski definition) is 6. The fraction of sp³-hybridized carbons (Fsp3) is 0.217. The van der Waals surface area contributed by atoms with Crippen LogP contribution in [0.2, 0.25) is 0 Å². The number of H-pyrrole nitrogens is 1. The summed E-state index contributed by atoms with van der Waals surface area (Å²) >= 11 is 0. The summed E-state index contributed by atoms with van der Waals surface area (Å²) in [5.41, 5.74) is 1.57. The van der Waals surface area contributed by atoms with E-state index in [4.69, 9.17) is 9.47 Å². The summed E-state index contributed by atoms with van der Waals surface area (Å²) in [5, 5.41) is 13.3. The van der Waals surface area contributed by atoms with Crippen LogP contribution < -0.4 is 20.3 Å². The Bertz CT molecular complexity index is 1410. The molecule has 2 heterocycles. The van der Waals surface area contributed by atoms with Gasteiger partial charge in [0.15, 0.2) is 11.5 Å². The normalized spacial score (nSPS) is 11.9. The molecule has 1 amide bonds. The second-order valence-corrected chi connectivity index (χ2v) is 7.42. The van der Waals surface area contributed by atoms with E-state index in [1.54, 1.807) is 12.3 Å². The van der Waals surface area contributed by atoms with E-state index in [0.29, 0.717) is 17.0 Å². The Kier molecular flexibility index (Phi) is 5.99. The largest absolute Gasteiger partial charge is 0.493 e. The number of methoxy groups -OCH3 is 2. The van der Waals surface area contributed by atoms with Crippen molar-refractivity contribution in [1.29, 1.82) is 0 Å². The lowest BCUT2D eigenvalue weighted by molar-refractivity contribution is -0.141. The first-order valence-corrected chi connectivity index (χ1v) is 10.1. The number of carbonyl (C=O) groups excluding carboxylic acids is 1. The van der Waals surface area contributed by atoms with E-state index in [9.17, 15) is 19.5 Å². The third-order valence-corrected chi connectivity index (χ3v) is 5.38. The van der Waals surface area contributed by atoms with Crippen molar-refractivity contribution in [3.05, 3.63) is 64.8 Å². The number of aromatic nitrogens is 3. The maximum atomic E-state index is 12.9. The maximum Gasteiger partial charge on any atom is 0.326 e. The fourth-order valence-corrected chi connectivity index (χ4v) is 3.71. The van der Waals surface area contributed by atoms with Crippen molar-refractivity contribution >= 4 is 33.7 Å². The van der Waals surface area contributed by atoms with E-state index < -0.39 is 23.5 Å². The van der Waals surface area contributed by atoms with E-state index in [0.717, 1.165) is 21.0 Å². The Balaban J connectivity index is 1.54. The SMILES string of the molecule is COc1cc2ncn(CC(=O)N[C@@H](Cc3c[nH]c4ccccc34)C(=O)O)c(=O)c2cc1OC. The number of carboxylic acid groups (broad SMARTS) is 1. The van der Waals surface area contributed by atoms with Gasteiger partial charge in [0.25, 0.3) is 5.56 Å². The van der Waals surface area contributed by atoms with Crippen molar-refractivity contribution < 1.29 is 24.2 Å². The monoisotopic (exact) mass is 450 g/mol. The number of carbonyl (C=O) groups is 2. The minimum absolute atomic E-state index is 0.0902. The van der Waals surface area contributed by atoms with Gasteiger partial charge >= 0.3 is 5.97 Å². The molecule has 0 aliphatic heterocycles. The van der Waals surface area contributed by atoms with Gasteiger partial charge in [-0.15, -0.1) is 0 Å². The molecule has 170 valence electrons. The van der Waals surface area contributed by atoms with Crippen LogP contribution in [0, 0.1) is 0 Å². The van der Waals surface area contributed by atoms with Crippen molar-refractivity contribution in [3.8, 4) is 11.5 Å². The molecule has 0 aliphatic rings. The number of amides is 1. The quantitative estimate of drug-likeness (QED) is 0.372. The molecule has 2 aromatic heterocycles. The van der Waals surface area contributed by atoms with Crippen molar-refractivity contribution in [2.45, 2.75) is 19.0 Å². The molecule has 4 aromatic rings. The van der Waals surface area contributed by atoms with Crippen LogP contribution in [0.15, 0.2) is 53.7 Å². The van der Waals surface area contributed by atoms with Crippen molar-refractivity contribution in [1.82, 2.24) is 19.9 Å². The Labute approximate surface area is 187 Å². The standard InChI is InChI=1S/C23H22N4O6/c1-32-19-8-15-17(9-20(19)33-2)25-12-27(22(15)29)11-21(28)26-18(23(30)31)7-13-10-24-16-6-4-3-5-14(13)16/h3-6,8-10,12,18,24H,7,11H2,1-2H3,(H,26,28)(H,30,31)/t18-/m0/s1. The number of hydrogen-bond donors (Lipinski definition) is 3. The topological polar surface area (TPSA) is 136 Å². The highest BCUT2D eigenvalue weighted by molar-refractivity contribution is 5.87. The number of nitrogens with one attached hydrogen (secondary N) is 2. The molecule has 3 N–H and O–H groups in total. The number of aliphatic carboxylic acids is 1. The molecule has 2 aromatic carbocycles. The van der Waals surface area contributed by atoms with Crippen LogP contribution in [-0.2, 0) is 22.6 Å². The Morgan fingerprint density at radius 3 is 2.61 bits per heavy atom. The van der Waals surface area contributed by atoms with E-state index >= 15 is 0 Å². The van der Waals surface area contributed by atoms with Gasteiger partial charge in [-0.05, 0) is 17.7 Å². The number of aromatic amines is 1. The van der Waals surface area contributed by atoms with Crippen molar-refractivity contribution in [2.24, 2.45) is 0 Å². The lowest BCUT2D eigenvalue weighted by Crippen LogP contribution is -2.44. The zero-order valence-electron chi connectivity index (χ0n) is 18.0. The molecule has 1 atom stereocenters. The van der Waals surface area contributed by atoms with Gasteiger partial charge in [-0.3, -0.25) is 14.2 Å². The Hall–Kier alpha value is -4.34. The van der Waals surface area contributed by atoms with Crippen molar-refractivity contribution in [3.63, 3.8) is 0 Å². The van der Waals surface area contributed by atoms with Gasteiger partial charge in [-0.25, -0.2) is 9.78 Å². The number of ether oxygens (including phenoxy) is 2. The first kappa shape index (κ1) is 21.9. The molecule has 10 nitrogen and oxygen atoms in total. The first-order valence-electron chi connectivity index (χ1n) is 10.1. The minimum Gasteiger partial charge on any atom is -0.493 e. The number of para-hydroxylation sites is 1. The smallest absolute Gasteiger partial charge is 0.326 e. The van der Waals surface area contributed by atoms with Crippen LogP contribution in [0.3, 0.4) is 0 Å². The van der Waals surface area contributed by atoms with Gasteiger partial charge in [-0.1, -0.05) is 18.2 Å². The van der Waals surface area contributed by atoms with Crippen LogP contribution in [0.1, 0.15) is 5.56 Å². The molecule has 33 heavy (non-hydrogen) atoms. The second kappa shape index (κ2) is 9.03. The third kappa shape index (κ3) is 4.36. The van der Waals surface area contributed by atoms with Crippen molar-refractivity contribution in [2.75, 3.05) is 14.2 Å². The molecule has 0 aliphatic carbocycles. The number of nitrogens with zero attached hydrogens (tertiary/aromatic N) is 2. The lowest BCUT2D eigenvalue weighted by atomic mass is 10.0. The zero-order chi connectivity index (χ0) is 23.5. The first-order chi connectivity index (χ1) is 15.9. The summed E-state index contributed by atoms with van der Waals surface area (Å²) in [7, 11) is 2.93. The molecule has 0 radical (unpaired) electrons. The fourth-order valence-electron chi connectivity index (χ4n) is 3.71. The van der Waals surface area contributed by atoms with Crippen LogP contribution >= 0.6 is 0 Å². The molecule has 0 unspecified atom stereocenters. The third-order valence-electron chi connectivity index (χ3n) is 5.38. The Morgan fingerprint density at radius 2 is 1.88 bits per heavy atom. The van der Waals surface area contributed by atoms with Gasteiger partial charge in [0.2, 0.25) is 5.91 Å². The van der Waals surface area contributed by atoms with E-state index in [1.165, 1.54) is 26.6 Å². The second-order valence-electron chi connectivity index (χ2n) is 7.42. The summed E-state index contributed by atoms with van der Waals surface area (Å²) in [6, 6.07) is 9.40. The molecule has 0 saturated heterocycles. The highest BCUT2D eigenvalue weighted by Gasteiger charge is 2.22. The summed E-state index contributed by atoms with van der Waals surface area (Å²) in [6.07, 6.45) is 3.06. The highest BCUT2D eigenvalue weighted by atomic mass is 16.5. The van der Waals surface area contributed by atoms with Gasteiger partial charge in [0.05, 0.1) is 31.4 Å².